The van der Waals surface area contributed by atoms with Crippen LogP contribution in [0.2, 0.25) is 0 Å². The third-order valence-corrected chi connectivity index (χ3v) is 5.69. The van der Waals surface area contributed by atoms with Crippen LogP contribution in [-0.4, -0.2) is 47.4 Å². The molecule has 1 aromatic carbocycles. The van der Waals surface area contributed by atoms with Gasteiger partial charge in [-0.1, -0.05) is 6.07 Å². The van der Waals surface area contributed by atoms with Crippen LogP contribution in [0, 0.1) is 11.7 Å². The maximum atomic E-state index is 13.5. The monoisotopic (exact) mass is 457 g/mol. The lowest BCUT2D eigenvalue weighted by Gasteiger charge is -2.32. The molecule has 33 heavy (non-hydrogen) atoms. The van der Waals surface area contributed by atoms with Crippen LogP contribution in [0.4, 0.5) is 21.8 Å². The Morgan fingerprint density at radius 3 is 2.91 bits per heavy atom. The number of aromatic nitrogens is 2. The Hall–Kier alpha value is -3.76. The van der Waals surface area contributed by atoms with E-state index in [4.69, 9.17) is 4.74 Å². The molecule has 2 aromatic rings. The molecule has 2 aliphatic heterocycles. The van der Waals surface area contributed by atoms with Gasteiger partial charge < -0.3 is 20.3 Å². The maximum absolute atomic E-state index is 13.5. The largest absolute Gasteiger partial charge is 0.466 e. The standard InChI is InChI=1S/C22H24FN5O5/c1-2-33-21(32)12-5-4-8-28(11-12)22-26-18-17(20(31)27-22)15(10-16(29)25-18)19(30)24-14-7-3-6-13(23)9-14/h3,6-7,9,12,15H,2,4-5,8,10-11H2,1H3,(H,24,30)(H2,25,26,27,29,31)/t12-,15+/m1/s1. The number of rotatable bonds is 5. The average Bonchev–Trinajstić information content (AvgIpc) is 2.78. The number of hydrogen-bond acceptors (Lipinski definition) is 7. The van der Waals surface area contributed by atoms with E-state index < -0.39 is 29.1 Å². The predicted octanol–water partition coefficient (Wildman–Crippen LogP) is 1.75. The fourth-order valence-electron chi connectivity index (χ4n) is 4.15. The quantitative estimate of drug-likeness (QED) is 0.583. The lowest BCUT2D eigenvalue weighted by atomic mass is 9.92. The minimum atomic E-state index is -1.09. The lowest BCUT2D eigenvalue weighted by molar-refractivity contribution is -0.148. The fraction of sp³-hybridized carbons (Fsp3) is 0.409. The van der Waals surface area contributed by atoms with Crippen LogP contribution in [0.5, 0.6) is 0 Å². The van der Waals surface area contributed by atoms with Crippen molar-refractivity contribution < 1.29 is 23.5 Å². The Balaban J connectivity index is 1.59. The maximum Gasteiger partial charge on any atom is 0.310 e. The number of halogens is 1. The Morgan fingerprint density at radius 2 is 2.15 bits per heavy atom. The molecular formula is C22H24FN5O5. The summed E-state index contributed by atoms with van der Waals surface area (Å²) < 4.78 is 18.6. The van der Waals surface area contributed by atoms with Crippen molar-refractivity contribution in [2.75, 3.05) is 35.2 Å². The summed E-state index contributed by atoms with van der Waals surface area (Å²) in [5.74, 6) is -3.13. The highest BCUT2D eigenvalue weighted by atomic mass is 19.1. The molecule has 11 heteroatoms. The van der Waals surface area contributed by atoms with E-state index in [-0.39, 0.29) is 47.9 Å². The molecule has 2 amide bonds. The minimum absolute atomic E-state index is 0.00245. The van der Waals surface area contributed by atoms with Gasteiger partial charge in [0, 0.05) is 25.2 Å². The number of esters is 1. The van der Waals surface area contributed by atoms with E-state index in [0.717, 1.165) is 6.07 Å². The summed E-state index contributed by atoms with van der Waals surface area (Å²) in [4.78, 5) is 59.1. The molecule has 10 nitrogen and oxygen atoms in total. The van der Waals surface area contributed by atoms with Crippen molar-refractivity contribution in [1.29, 1.82) is 0 Å². The van der Waals surface area contributed by atoms with Crippen molar-refractivity contribution in [3.8, 4) is 0 Å². The van der Waals surface area contributed by atoms with E-state index in [2.05, 4.69) is 20.6 Å². The molecule has 174 valence electrons. The highest BCUT2D eigenvalue weighted by molar-refractivity contribution is 6.04. The molecule has 1 aromatic heterocycles. The summed E-state index contributed by atoms with van der Waals surface area (Å²) in [5, 5.41) is 5.11. The van der Waals surface area contributed by atoms with Crippen LogP contribution in [0.3, 0.4) is 0 Å². The number of ether oxygens (including phenoxy) is 1. The highest BCUT2D eigenvalue weighted by Gasteiger charge is 2.36. The number of nitrogens with one attached hydrogen (secondary N) is 3. The first-order valence-corrected chi connectivity index (χ1v) is 10.8. The van der Waals surface area contributed by atoms with E-state index in [0.29, 0.717) is 25.9 Å². The van der Waals surface area contributed by atoms with Gasteiger partial charge in [0.15, 0.2) is 0 Å². The molecular weight excluding hydrogens is 433 g/mol. The van der Waals surface area contributed by atoms with Crippen LogP contribution in [-0.2, 0) is 19.1 Å². The Labute approximate surface area is 188 Å². The number of carbonyl (C=O) groups is 3. The van der Waals surface area contributed by atoms with Gasteiger partial charge in [-0.25, -0.2) is 4.39 Å². The van der Waals surface area contributed by atoms with E-state index in [1.54, 1.807) is 11.8 Å². The minimum Gasteiger partial charge on any atom is -0.466 e. The fourth-order valence-corrected chi connectivity index (χ4v) is 4.15. The second-order valence-corrected chi connectivity index (χ2v) is 7.99. The molecule has 0 bridgehead atoms. The Morgan fingerprint density at radius 1 is 1.33 bits per heavy atom. The Kier molecular flexibility index (Phi) is 6.38. The van der Waals surface area contributed by atoms with Crippen molar-refractivity contribution in [2.45, 2.75) is 32.1 Å². The molecule has 2 atom stereocenters. The van der Waals surface area contributed by atoms with E-state index in [9.17, 15) is 23.6 Å². The van der Waals surface area contributed by atoms with Gasteiger partial charge in [-0.05, 0) is 38.0 Å². The highest BCUT2D eigenvalue weighted by Crippen LogP contribution is 2.31. The van der Waals surface area contributed by atoms with Gasteiger partial charge >= 0.3 is 5.97 Å². The number of piperidine rings is 1. The molecule has 0 saturated carbocycles. The molecule has 3 N–H and O–H groups in total. The van der Waals surface area contributed by atoms with Gasteiger partial charge in [0.25, 0.3) is 5.56 Å². The van der Waals surface area contributed by atoms with Gasteiger partial charge in [-0.3, -0.25) is 24.2 Å². The summed E-state index contributed by atoms with van der Waals surface area (Å²) in [6.07, 6.45) is 1.13. The van der Waals surface area contributed by atoms with E-state index >= 15 is 0 Å². The van der Waals surface area contributed by atoms with Crippen molar-refractivity contribution in [3.05, 3.63) is 46.0 Å². The van der Waals surface area contributed by atoms with Gasteiger partial charge in [0.2, 0.25) is 17.8 Å². The summed E-state index contributed by atoms with van der Waals surface area (Å²) in [5.41, 5.74) is -0.314. The molecule has 3 heterocycles. The van der Waals surface area contributed by atoms with Gasteiger partial charge in [-0.2, -0.15) is 4.98 Å². The Bertz CT molecular complexity index is 1150. The van der Waals surface area contributed by atoms with Crippen LogP contribution >= 0.6 is 0 Å². The number of aromatic amines is 1. The zero-order valence-corrected chi connectivity index (χ0v) is 18.0. The third kappa shape index (κ3) is 4.86. The summed E-state index contributed by atoms with van der Waals surface area (Å²) >= 11 is 0. The molecule has 2 aliphatic rings. The van der Waals surface area contributed by atoms with Crippen LogP contribution in [0.1, 0.15) is 37.7 Å². The molecule has 0 radical (unpaired) electrons. The van der Waals surface area contributed by atoms with Crippen molar-refractivity contribution in [3.63, 3.8) is 0 Å². The number of amides is 2. The van der Waals surface area contributed by atoms with Crippen molar-refractivity contribution in [1.82, 2.24) is 9.97 Å². The van der Waals surface area contributed by atoms with Crippen LogP contribution in [0.25, 0.3) is 0 Å². The van der Waals surface area contributed by atoms with Gasteiger partial charge in [-0.15, -0.1) is 0 Å². The number of nitrogens with zero attached hydrogens (tertiary/aromatic N) is 2. The van der Waals surface area contributed by atoms with Crippen LogP contribution in [0.15, 0.2) is 29.1 Å². The molecule has 0 spiro atoms. The SMILES string of the molecule is CCOC(=O)[C@@H]1CCCN(c2nc3c(c(=O)[nH]2)[C@@H](C(=O)Nc2cccc(F)c2)CC(=O)N3)C1. The van der Waals surface area contributed by atoms with Crippen molar-refractivity contribution in [2.24, 2.45) is 5.92 Å². The number of fused-ring (bicyclic) bond motifs is 1. The number of benzene rings is 1. The zero-order chi connectivity index (χ0) is 23.5. The summed E-state index contributed by atoms with van der Waals surface area (Å²) in [6.45, 7) is 2.91. The third-order valence-electron chi connectivity index (χ3n) is 5.69. The first kappa shape index (κ1) is 22.4. The predicted molar refractivity (Wildman–Crippen MR) is 117 cm³/mol. The van der Waals surface area contributed by atoms with Crippen LogP contribution < -0.4 is 21.1 Å². The zero-order valence-electron chi connectivity index (χ0n) is 18.0. The van der Waals surface area contributed by atoms with Crippen molar-refractivity contribution >= 4 is 35.2 Å². The molecule has 4 rings (SSSR count). The molecule has 1 saturated heterocycles. The molecule has 0 unspecified atom stereocenters. The first-order valence-electron chi connectivity index (χ1n) is 10.8. The van der Waals surface area contributed by atoms with E-state index in [1.807, 2.05) is 0 Å². The number of carbonyl (C=O) groups excluding carboxylic acids is 3. The lowest BCUT2D eigenvalue weighted by Crippen LogP contribution is -2.42. The van der Waals surface area contributed by atoms with E-state index in [1.165, 1.54) is 18.2 Å². The van der Waals surface area contributed by atoms with Gasteiger partial charge in [0.05, 0.1) is 24.0 Å². The normalized spacial score (nSPS) is 19.9. The first-order chi connectivity index (χ1) is 15.9. The second-order valence-electron chi connectivity index (χ2n) is 7.99. The number of anilines is 3. The molecule has 0 aliphatic carbocycles. The average molecular weight is 457 g/mol. The summed E-state index contributed by atoms with van der Waals surface area (Å²) in [7, 11) is 0. The topological polar surface area (TPSA) is 133 Å². The molecule has 1 fully saturated rings. The number of H-pyrrole nitrogens is 1. The van der Waals surface area contributed by atoms with Gasteiger partial charge in [0.1, 0.15) is 11.6 Å². The second kappa shape index (κ2) is 9.39. The number of hydrogen-bond donors (Lipinski definition) is 3. The smallest absolute Gasteiger partial charge is 0.310 e. The summed E-state index contributed by atoms with van der Waals surface area (Å²) in [6, 6.07) is 5.33.